The number of carbonyl (C=O) groups is 2. The number of hydrogen-bond acceptors (Lipinski definition) is 4. The zero-order valence-electron chi connectivity index (χ0n) is 11.3. The summed E-state index contributed by atoms with van der Waals surface area (Å²) >= 11 is 5.64. The maximum absolute atomic E-state index is 12.2. The Hall–Kier alpha value is -1.69. The van der Waals surface area contributed by atoms with Crippen molar-refractivity contribution < 1.29 is 9.59 Å². The smallest absolute Gasteiger partial charge is 0.274 e. The molecule has 1 aromatic heterocycles. The van der Waals surface area contributed by atoms with Crippen LogP contribution in [-0.2, 0) is 4.79 Å². The van der Waals surface area contributed by atoms with Crippen LogP contribution in [0.3, 0.4) is 0 Å². The number of amides is 2. The van der Waals surface area contributed by atoms with Gasteiger partial charge in [0.1, 0.15) is 0 Å². The minimum Gasteiger partial charge on any atom is -0.353 e. The lowest BCUT2D eigenvalue weighted by Gasteiger charge is -2.32. The quantitative estimate of drug-likeness (QED) is 0.911. The maximum atomic E-state index is 12.2. The monoisotopic (exact) mass is 296 g/mol. The van der Waals surface area contributed by atoms with Crippen LogP contribution in [0.15, 0.2) is 12.1 Å². The highest BCUT2D eigenvalue weighted by molar-refractivity contribution is 6.29. The number of nitrogens with one attached hydrogen (secondary N) is 1. The largest absolute Gasteiger partial charge is 0.353 e. The molecule has 7 heteroatoms. The van der Waals surface area contributed by atoms with Gasteiger partial charge in [0.15, 0.2) is 10.8 Å². The molecule has 1 aliphatic rings. The Bertz CT molecular complexity index is 484. The number of piperidine rings is 1. The van der Waals surface area contributed by atoms with Gasteiger partial charge in [-0.1, -0.05) is 18.5 Å². The van der Waals surface area contributed by atoms with Crippen molar-refractivity contribution in [3.63, 3.8) is 0 Å². The van der Waals surface area contributed by atoms with Crippen molar-refractivity contribution in [1.82, 2.24) is 20.4 Å². The van der Waals surface area contributed by atoms with E-state index in [4.69, 9.17) is 11.6 Å². The molecule has 1 saturated heterocycles. The highest BCUT2D eigenvalue weighted by Crippen LogP contribution is 2.13. The van der Waals surface area contributed by atoms with Crippen molar-refractivity contribution in [2.24, 2.45) is 0 Å². The number of likely N-dealkylation sites (tertiary alicyclic amines) is 1. The van der Waals surface area contributed by atoms with Crippen molar-refractivity contribution in [2.45, 2.75) is 32.2 Å². The summed E-state index contributed by atoms with van der Waals surface area (Å²) in [5.74, 6) is -0.0900. The van der Waals surface area contributed by atoms with Gasteiger partial charge >= 0.3 is 0 Å². The molecule has 2 amide bonds. The lowest BCUT2D eigenvalue weighted by molar-refractivity contribution is -0.121. The Balaban J connectivity index is 1.88. The van der Waals surface area contributed by atoms with E-state index in [2.05, 4.69) is 15.5 Å². The molecule has 1 aromatic rings. The first-order chi connectivity index (χ1) is 9.60. The van der Waals surface area contributed by atoms with Gasteiger partial charge < -0.3 is 10.2 Å². The Labute approximate surface area is 122 Å². The number of aromatic nitrogens is 2. The van der Waals surface area contributed by atoms with Crippen molar-refractivity contribution in [1.29, 1.82) is 0 Å². The third kappa shape index (κ3) is 3.66. The average molecular weight is 297 g/mol. The second-order valence-corrected chi connectivity index (χ2v) is 5.12. The number of hydrogen-bond donors (Lipinski definition) is 1. The topological polar surface area (TPSA) is 75.2 Å². The van der Waals surface area contributed by atoms with Gasteiger partial charge in [-0.15, -0.1) is 10.2 Å². The standard InChI is InChI=1S/C13H17ClN4O2/c1-2-12(19)15-9-5-7-18(8-6-9)13(20)10-3-4-11(14)17-16-10/h3-4,9H,2,5-8H2,1H3,(H,15,19). The molecular weight excluding hydrogens is 280 g/mol. The molecule has 6 nitrogen and oxygen atoms in total. The Kier molecular flexibility index (Phi) is 4.89. The normalized spacial score (nSPS) is 16.0. The third-order valence-corrected chi connectivity index (χ3v) is 3.52. The SMILES string of the molecule is CCC(=O)NC1CCN(C(=O)c2ccc(Cl)nn2)CC1. The molecule has 2 heterocycles. The predicted octanol–water partition coefficient (Wildman–Crippen LogP) is 1.26. The van der Waals surface area contributed by atoms with E-state index < -0.39 is 0 Å². The van der Waals surface area contributed by atoms with Gasteiger partial charge in [-0.3, -0.25) is 9.59 Å². The minimum absolute atomic E-state index is 0.0540. The molecule has 108 valence electrons. The van der Waals surface area contributed by atoms with Gasteiger partial charge in [0.25, 0.3) is 5.91 Å². The minimum atomic E-state index is -0.144. The lowest BCUT2D eigenvalue weighted by atomic mass is 10.0. The molecule has 1 fully saturated rings. The first kappa shape index (κ1) is 14.7. The van der Waals surface area contributed by atoms with E-state index in [1.54, 1.807) is 17.0 Å². The molecule has 2 rings (SSSR count). The molecule has 0 atom stereocenters. The summed E-state index contributed by atoms with van der Waals surface area (Å²) in [6, 6.07) is 3.28. The van der Waals surface area contributed by atoms with Gasteiger partial charge in [-0.05, 0) is 25.0 Å². The zero-order valence-corrected chi connectivity index (χ0v) is 12.1. The molecule has 0 unspecified atom stereocenters. The van der Waals surface area contributed by atoms with Gasteiger partial charge in [0, 0.05) is 25.6 Å². The zero-order chi connectivity index (χ0) is 14.5. The van der Waals surface area contributed by atoms with Crippen molar-refractivity contribution in [2.75, 3.05) is 13.1 Å². The summed E-state index contributed by atoms with van der Waals surface area (Å²) in [7, 11) is 0. The summed E-state index contributed by atoms with van der Waals surface area (Å²) in [5, 5.41) is 10.7. The van der Waals surface area contributed by atoms with Gasteiger partial charge in [-0.2, -0.15) is 0 Å². The summed E-state index contributed by atoms with van der Waals surface area (Å²) in [6.45, 7) is 3.04. The molecule has 1 aliphatic heterocycles. The van der Waals surface area contributed by atoms with Crippen LogP contribution in [-0.4, -0.2) is 46.0 Å². The highest BCUT2D eigenvalue weighted by atomic mass is 35.5. The summed E-state index contributed by atoms with van der Waals surface area (Å²) in [6.07, 6.45) is 2.01. The van der Waals surface area contributed by atoms with Gasteiger partial charge in [0.2, 0.25) is 5.91 Å². The molecule has 0 aliphatic carbocycles. The van der Waals surface area contributed by atoms with Crippen LogP contribution in [0.4, 0.5) is 0 Å². The second kappa shape index (κ2) is 6.65. The number of nitrogens with zero attached hydrogens (tertiary/aromatic N) is 3. The van der Waals surface area contributed by atoms with E-state index >= 15 is 0 Å². The molecule has 0 bridgehead atoms. The van der Waals surface area contributed by atoms with E-state index in [-0.39, 0.29) is 23.0 Å². The van der Waals surface area contributed by atoms with E-state index in [1.165, 1.54) is 0 Å². The maximum Gasteiger partial charge on any atom is 0.274 e. The van der Waals surface area contributed by atoms with Crippen LogP contribution in [0.1, 0.15) is 36.7 Å². The Morgan fingerprint density at radius 3 is 2.60 bits per heavy atom. The van der Waals surface area contributed by atoms with Crippen LogP contribution >= 0.6 is 11.6 Å². The van der Waals surface area contributed by atoms with Crippen molar-refractivity contribution in [3.8, 4) is 0 Å². The van der Waals surface area contributed by atoms with Crippen molar-refractivity contribution >= 4 is 23.4 Å². The molecule has 0 saturated carbocycles. The van der Waals surface area contributed by atoms with Gasteiger partial charge in [0.05, 0.1) is 0 Å². The van der Waals surface area contributed by atoms with Crippen LogP contribution < -0.4 is 5.32 Å². The molecule has 0 radical (unpaired) electrons. The molecule has 20 heavy (non-hydrogen) atoms. The molecule has 0 spiro atoms. The fourth-order valence-electron chi connectivity index (χ4n) is 2.15. The van der Waals surface area contributed by atoms with E-state index in [0.717, 1.165) is 12.8 Å². The fourth-order valence-corrected chi connectivity index (χ4v) is 2.25. The first-order valence-electron chi connectivity index (χ1n) is 6.68. The number of halogens is 1. The Morgan fingerprint density at radius 1 is 1.35 bits per heavy atom. The van der Waals surface area contributed by atoms with Crippen LogP contribution in [0, 0.1) is 0 Å². The van der Waals surface area contributed by atoms with Crippen LogP contribution in [0.2, 0.25) is 5.15 Å². The molecule has 1 N–H and O–H groups in total. The Morgan fingerprint density at radius 2 is 2.05 bits per heavy atom. The molecule has 0 aromatic carbocycles. The summed E-state index contributed by atoms with van der Waals surface area (Å²) < 4.78 is 0. The number of rotatable bonds is 3. The fraction of sp³-hybridized carbons (Fsp3) is 0.538. The predicted molar refractivity (Wildman–Crippen MR) is 74.4 cm³/mol. The van der Waals surface area contributed by atoms with Crippen LogP contribution in [0.25, 0.3) is 0 Å². The van der Waals surface area contributed by atoms with Gasteiger partial charge in [-0.25, -0.2) is 0 Å². The molecular formula is C13H17ClN4O2. The highest BCUT2D eigenvalue weighted by Gasteiger charge is 2.25. The van der Waals surface area contributed by atoms with E-state index in [1.807, 2.05) is 6.92 Å². The van der Waals surface area contributed by atoms with E-state index in [9.17, 15) is 9.59 Å². The lowest BCUT2D eigenvalue weighted by Crippen LogP contribution is -2.46. The van der Waals surface area contributed by atoms with E-state index in [0.29, 0.717) is 25.2 Å². The third-order valence-electron chi connectivity index (χ3n) is 3.32. The van der Waals surface area contributed by atoms with Crippen LogP contribution in [0.5, 0.6) is 0 Å². The first-order valence-corrected chi connectivity index (χ1v) is 7.05. The summed E-state index contributed by atoms with van der Waals surface area (Å²) in [5.41, 5.74) is 0.297. The number of carbonyl (C=O) groups excluding carboxylic acids is 2. The van der Waals surface area contributed by atoms with Crippen molar-refractivity contribution in [3.05, 3.63) is 23.0 Å². The second-order valence-electron chi connectivity index (χ2n) is 4.73. The average Bonchev–Trinajstić information content (AvgIpc) is 2.48. The summed E-state index contributed by atoms with van der Waals surface area (Å²) in [4.78, 5) is 25.2.